The number of carbonyl (C=O) groups excluding carboxylic acids is 1. The quantitative estimate of drug-likeness (QED) is 0.608. The summed E-state index contributed by atoms with van der Waals surface area (Å²) in [5.41, 5.74) is -0.0270. The van der Waals surface area contributed by atoms with Crippen LogP contribution < -0.4 is 9.47 Å². The average molecular weight is 355 g/mol. The summed E-state index contributed by atoms with van der Waals surface area (Å²) in [5, 5.41) is 0.108. The molecule has 0 heterocycles. The second kappa shape index (κ2) is 7.02. The van der Waals surface area contributed by atoms with Crippen molar-refractivity contribution in [3.8, 4) is 11.5 Å². The first-order valence-electron chi connectivity index (χ1n) is 6.76. The van der Waals surface area contributed by atoms with Crippen molar-refractivity contribution in [3.05, 3.63) is 53.1 Å². The smallest absolute Gasteiger partial charge is 0.345 e. The van der Waals surface area contributed by atoms with E-state index in [1.54, 1.807) is 24.3 Å². The first kappa shape index (κ1) is 17.3. The minimum Gasteiger partial charge on any atom is -0.490 e. The molecule has 2 aromatic rings. The largest absolute Gasteiger partial charge is 0.490 e. The van der Waals surface area contributed by atoms with E-state index in [0.717, 1.165) is 6.26 Å². The molecule has 0 amide bonds. The highest BCUT2D eigenvalue weighted by Crippen LogP contribution is 2.29. The van der Waals surface area contributed by atoms with Crippen LogP contribution in [0.2, 0.25) is 5.02 Å². The molecule has 0 aliphatic rings. The molecule has 0 radical (unpaired) electrons. The number of sulfone groups is 1. The average Bonchev–Trinajstić information content (AvgIpc) is 2.48. The number of para-hydroxylation sites is 2. The molecule has 0 aliphatic carbocycles. The van der Waals surface area contributed by atoms with Crippen molar-refractivity contribution in [1.82, 2.24) is 0 Å². The Labute approximate surface area is 139 Å². The summed E-state index contributed by atoms with van der Waals surface area (Å²) >= 11 is 5.98. The van der Waals surface area contributed by atoms with Gasteiger partial charge in [0.25, 0.3) is 0 Å². The van der Waals surface area contributed by atoms with Crippen LogP contribution in [0.15, 0.2) is 47.4 Å². The van der Waals surface area contributed by atoms with Crippen LogP contribution in [0.4, 0.5) is 0 Å². The Morgan fingerprint density at radius 3 is 2.39 bits per heavy atom. The third kappa shape index (κ3) is 4.24. The number of benzene rings is 2. The topological polar surface area (TPSA) is 69.7 Å². The number of esters is 1. The van der Waals surface area contributed by atoms with E-state index in [0.29, 0.717) is 12.4 Å². The number of halogens is 1. The summed E-state index contributed by atoms with van der Waals surface area (Å²) in [6, 6.07) is 10.6. The molecule has 0 saturated heterocycles. The Kier molecular flexibility index (Phi) is 5.28. The Bertz CT molecular complexity index is 830. The van der Waals surface area contributed by atoms with Gasteiger partial charge in [-0.15, -0.1) is 0 Å². The van der Waals surface area contributed by atoms with Crippen molar-refractivity contribution in [1.29, 1.82) is 0 Å². The van der Waals surface area contributed by atoms with Gasteiger partial charge in [-0.25, -0.2) is 13.2 Å². The van der Waals surface area contributed by atoms with Crippen molar-refractivity contribution in [2.75, 3.05) is 12.9 Å². The summed E-state index contributed by atoms with van der Waals surface area (Å²) in [6.07, 6.45) is 1.05. The zero-order valence-electron chi connectivity index (χ0n) is 12.6. The summed E-state index contributed by atoms with van der Waals surface area (Å²) in [5.74, 6) is -0.105. The molecule has 7 heteroatoms. The molecule has 0 spiro atoms. The lowest BCUT2D eigenvalue weighted by Crippen LogP contribution is -2.11. The van der Waals surface area contributed by atoms with E-state index in [1.807, 2.05) is 6.92 Å². The predicted octanol–water partition coefficient (Wildman–Crippen LogP) is 3.36. The fourth-order valence-electron chi connectivity index (χ4n) is 1.86. The van der Waals surface area contributed by atoms with E-state index in [4.69, 9.17) is 21.1 Å². The van der Waals surface area contributed by atoms with Crippen LogP contribution in [-0.4, -0.2) is 27.2 Å². The van der Waals surface area contributed by atoms with Crippen LogP contribution in [0.25, 0.3) is 0 Å². The normalized spacial score (nSPS) is 11.1. The molecule has 0 N–H and O–H groups in total. The molecule has 0 atom stereocenters. The standard InChI is InChI=1S/C16H15ClO5S/c1-3-21-14-6-4-5-7-15(14)22-16(18)12-10-11(23(2,19)20)8-9-13(12)17/h4-10H,3H2,1-2H3. The molecule has 5 nitrogen and oxygen atoms in total. The highest BCUT2D eigenvalue weighted by atomic mass is 35.5. The minimum absolute atomic E-state index is 0.00746. The van der Waals surface area contributed by atoms with Gasteiger partial charge in [0.1, 0.15) is 0 Å². The van der Waals surface area contributed by atoms with Gasteiger partial charge in [-0.2, -0.15) is 0 Å². The lowest BCUT2D eigenvalue weighted by atomic mass is 10.2. The Morgan fingerprint density at radius 1 is 1.13 bits per heavy atom. The van der Waals surface area contributed by atoms with Gasteiger partial charge < -0.3 is 9.47 Å². The van der Waals surface area contributed by atoms with Crippen molar-refractivity contribution < 1.29 is 22.7 Å². The van der Waals surface area contributed by atoms with Gasteiger partial charge in [0.05, 0.1) is 22.1 Å². The fraction of sp³-hybridized carbons (Fsp3) is 0.188. The molecular formula is C16H15ClO5S. The van der Waals surface area contributed by atoms with Gasteiger partial charge >= 0.3 is 5.97 Å². The molecule has 0 aromatic heterocycles. The van der Waals surface area contributed by atoms with Gasteiger partial charge in [-0.05, 0) is 37.3 Å². The minimum atomic E-state index is -3.46. The molecule has 0 fully saturated rings. The number of ether oxygens (including phenoxy) is 2. The molecule has 23 heavy (non-hydrogen) atoms. The van der Waals surface area contributed by atoms with Crippen LogP contribution in [-0.2, 0) is 9.84 Å². The van der Waals surface area contributed by atoms with Crippen LogP contribution in [0, 0.1) is 0 Å². The maximum atomic E-state index is 12.3. The first-order valence-corrected chi connectivity index (χ1v) is 9.03. The number of carbonyl (C=O) groups is 1. The Morgan fingerprint density at radius 2 is 1.78 bits per heavy atom. The molecule has 2 aromatic carbocycles. The molecule has 0 bridgehead atoms. The van der Waals surface area contributed by atoms with E-state index in [1.165, 1.54) is 18.2 Å². The highest BCUT2D eigenvalue weighted by molar-refractivity contribution is 7.90. The molecular weight excluding hydrogens is 340 g/mol. The van der Waals surface area contributed by atoms with Gasteiger partial charge in [0, 0.05) is 6.26 Å². The van der Waals surface area contributed by atoms with Crippen LogP contribution in [0.3, 0.4) is 0 Å². The van der Waals surface area contributed by atoms with Crippen molar-refractivity contribution in [3.63, 3.8) is 0 Å². The lowest BCUT2D eigenvalue weighted by molar-refractivity contribution is 0.0728. The van der Waals surface area contributed by atoms with Crippen molar-refractivity contribution in [2.24, 2.45) is 0 Å². The second-order valence-electron chi connectivity index (χ2n) is 4.68. The zero-order valence-corrected chi connectivity index (χ0v) is 14.1. The van der Waals surface area contributed by atoms with E-state index in [2.05, 4.69) is 0 Å². The fourth-order valence-corrected chi connectivity index (χ4v) is 2.70. The van der Waals surface area contributed by atoms with E-state index >= 15 is 0 Å². The summed E-state index contributed by atoms with van der Waals surface area (Å²) < 4.78 is 33.9. The van der Waals surface area contributed by atoms with Gasteiger partial charge in [-0.3, -0.25) is 0 Å². The summed E-state index contributed by atoms with van der Waals surface area (Å²) in [4.78, 5) is 12.3. The second-order valence-corrected chi connectivity index (χ2v) is 7.11. The summed E-state index contributed by atoms with van der Waals surface area (Å²) in [6.45, 7) is 2.23. The SMILES string of the molecule is CCOc1ccccc1OC(=O)c1cc(S(C)(=O)=O)ccc1Cl. The molecule has 0 unspecified atom stereocenters. The Hall–Kier alpha value is -2.05. The molecule has 0 aliphatic heterocycles. The number of hydrogen-bond acceptors (Lipinski definition) is 5. The Balaban J connectivity index is 2.35. The molecule has 122 valence electrons. The van der Waals surface area contributed by atoms with Gasteiger partial charge in [-0.1, -0.05) is 23.7 Å². The molecule has 2 rings (SSSR count). The monoisotopic (exact) mass is 354 g/mol. The van der Waals surface area contributed by atoms with Gasteiger partial charge in [0.2, 0.25) is 0 Å². The van der Waals surface area contributed by atoms with Crippen molar-refractivity contribution in [2.45, 2.75) is 11.8 Å². The third-order valence-electron chi connectivity index (χ3n) is 2.94. The van der Waals surface area contributed by atoms with Crippen LogP contribution in [0.5, 0.6) is 11.5 Å². The maximum absolute atomic E-state index is 12.3. The lowest BCUT2D eigenvalue weighted by Gasteiger charge is -2.11. The van der Waals surface area contributed by atoms with Crippen LogP contribution in [0.1, 0.15) is 17.3 Å². The predicted molar refractivity (Wildman–Crippen MR) is 87.1 cm³/mol. The van der Waals surface area contributed by atoms with E-state index in [9.17, 15) is 13.2 Å². The number of hydrogen-bond donors (Lipinski definition) is 0. The van der Waals surface area contributed by atoms with Crippen LogP contribution >= 0.6 is 11.6 Å². The zero-order chi connectivity index (χ0) is 17.0. The summed E-state index contributed by atoms with van der Waals surface area (Å²) in [7, 11) is -3.46. The molecule has 0 saturated carbocycles. The number of rotatable bonds is 5. The van der Waals surface area contributed by atoms with Gasteiger partial charge in [0.15, 0.2) is 21.3 Å². The van der Waals surface area contributed by atoms with E-state index < -0.39 is 15.8 Å². The maximum Gasteiger partial charge on any atom is 0.345 e. The third-order valence-corrected chi connectivity index (χ3v) is 4.38. The van der Waals surface area contributed by atoms with E-state index in [-0.39, 0.29) is 21.2 Å². The first-order chi connectivity index (χ1) is 10.8. The van der Waals surface area contributed by atoms with Crippen molar-refractivity contribution >= 4 is 27.4 Å². The highest BCUT2D eigenvalue weighted by Gasteiger charge is 2.18.